The van der Waals surface area contributed by atoms with Crippen molar-refractivity contribution < 1.29 is 4.79 Å². The molecule has 0 spiro atoms. The van der Waals surface area contributed by atoms with Gasteiger partial charge in [-0.3, -0.25) is 4.79 Å². The number of nitrogens with two attached hydrogens (primary N) is 1. The largest absolute Gasteiger partial charge is 0.399 e. The quantitative estimate of drug-likeness (QED) is 0.334. The van der Waals surface area contributed by atoms with Crippen molar-refractivity contribution in [1.82, 2.24) is 9.97 Å². The van der Waals surface area contributed by atoms with E-state index in [9.17, 15) is 4.79 Å². The highest BCUT2D eigenvalue weighted by molar-refractivity contribution is 6.05. The van der Waals surface area contributed by atoms with Gasteiger partial charge < -0.3 is 16.0 Å². The highest BCUT2D eigenvalue weighted by Gasteiger charge is 2.10. The number of hydrogen-bond acceptors (Lipinski definition) is 3. The zero-order valence-corrected chi connectivity index (χ0v) is 16.7. The van der Waals surface area contributed by atoms with E-state index in [1.54, 1.807) is 0 Å². The molecule has 0 aliphatic rings. The Hall–Kier alpha value is -4.38. The Morgan fingerprint density at radius 1 is 0.774 bits per heavy atom. The predicted octanol–water partition coefficient (Wildman–Crippen LogP) is 5.73. The molecule has 5 nitrogen and oxygen atoms in total. The number of anilines is 2. The predicted molar refractivity (Wildman–Crippen MR) is 126 cm³/mol. The minimum absolute atomic E-state index is 0.155. The first-order valence-corrected chi connectivity index (χ1v) is 9.98. The normalized spacial score (nSPS) is 10.8. The monoisotopic (exact) mass is 404 g/mol. The highest BCUT2D eigenvalue weighted by atomic mass is 16.1. The second kappa shape index (κ2) is 7.80. The zero-order valence-electron chi connectivity index (χ0n) is 16.7. The minimum atomic E-state index is -0.155. The molecule has 150 valence electrons. The highest BCUT2D eigenvalue weighted by Crippen LogP contribution is 2.24. The molecule has 0 unspecified atom stereocenters. The fraction of sp³-hybridized carbons (Fsp3) is 0. The van der Waals surface area contributed by atoms with Gasteiger partial charge in [0.25, 0.3) is 5.91 Å². The zero-order chi connectivity index (χ0) is 21.2. The number of nitrogen functional groups attached to an aromatic ring is 1. The summed E-state index contributed by atoms with van der Waals surface area (Å²) in [7, 11) is 0. The Morgan fingerprint density at radius 2 is 1.45 bits per heavy atom. The van der Waals surface area contributed by atoms with Crippen molar-refractivity contribution in [1.29, 1.82) is 0 Å². The topological polar surface area (TPSA) is 83.8 Å². The minimum Gasteiger partial charge on any atom is -0.399 e. The van der Waals surface area contributed by atoms with Crippen LogP contribution in [0.2, 0.25) is 0 Å². The van der Waals surface area contributed by atoms with Crippen molar-refractivity contribution >= 4 is 28.3 Å². The summed E-state index contributed by atoms with van der Waals surface area (Å²) in [4.78, 5) is 20.6. The number of nitrogens with one attached hydrogen (secondary N) is 2. The average molecular weight is 404 g/mol. The molecule has 1 heterocycles. The van der Waals surface area contributed by atoms with Gasteiger partial charge >= 0.3 is 0 Å². The number of amides is 1. The van der Waals surface area contributed by atoms with Crippen molar-refractivity contribution in [2.24, 2.45) is 0 Å². The number of nitrogens with zero attached hydrogens (tertiary/aromatic N) is 1. The molecule has 5 aromatic rings. The lowest BCUT2D eigenvalue weighted by molar-refractivity contribution is 0.102. The lowest BCUT2D eigenvalue weighted by Gasteiger charge is -2.07. The molecule has 0 aliphatic carbocycles. The number of imidazole rings is 1. The van der Waals surface area contributed by atoms with Crippen LogP contribution in [0.15, 0.2) is 97.1 Å². The maximum atomic E-state index is 12.7. The third kappa shape index (κ3) is 3.89. The molecule has 4 aromatic carbocycles. The fourth-order valence-corrected chi connectivity index (χ4v) is 3.51. The van der Waals surface area contributed by atoms with E-state index in [4.69, 9.17) is 5.73 Å². The van der Waals surface area contributed by atoms with Gasteiger partial charge in [0.05, 0.1) is 11.0 Å². The van der Waals surface area contributed by atoms with Crippen LogP contribution in [-0.2, 0) is 0 Å². The molecule has 0 fully saturated rings. The van der Waals surface area contributed by atoms with Gasteiger partial charge in [0, 0.05) is 22.5 Å². The number of carbonyl (C=O) groups excluding carboxylic acids is 1. The van der Waals surface area contributed by atoms with E-state index < -0.39 is 0 Å². The summed E-state index contributed by atoms with van der Waals surface area (Å²) >= 11 is 0. The second-order valence-corrected chi connectivity index (χ2v) is 7.34. The van der Waals surface area contributed by atoms with Crippen LogP contribution in [0.5, 0.6) is 0 Å². The smallest absolute Gasteiger partial charge is 0.255 e. The van der Waals surface area contributed by atoms with Gasteiger partial charge in [-0.05, 0) is 65.7 Å². The summed E-state index contributed by atoms with van der Waals surface area (Å²) < 4.78 is 0. The van der Waals surface area contributed by atoms with Crippen LogP contribution in [0.3, 0.4) is 0 Å². The number of benzene rings is 4. The first-order valence-electron chi connectivity index (χ1n) is 9.98. The van der Waals surface area contributed by atoms with E-state index in [2.05, 4.69) is 15.3 Å². The SMILES string of the molecule is Nc1ccc(-c2nc3ccc(NC(=O)c4ccc(-c5ccccc5)cc4)cc3[nH]2)cc1. The summed E-state index contributed by atoms with van der Waals surface area (Å²) in [6, 6.07) is 30.9. The molecule has 0 atom stereocenters. The molecule has 31 heavy (non-hydrogen) atoms. The van der Waals surface area contributed by atoms with Crippen LogP contribution in [0, 0.1) is 0 Å². The van der Waals surface area contributed by atoms with Gasteiger partial charge in [-0.1, -0.05) is 42.5 Å². The van der Waals surface area contributed by atoms with Crippen molar-refractivity contribution in [3.63, 3.8) is 0 Å². The Balaban J connectivity index is 1.35. The molecule has 1 amide bonds. The van der Waals surface area contributed by atoms with Crippen LogP contribution in [0.25, 0.3) is 33.5 Å². The van der Waals surface area contributed by atoms with Crippen molar-refractivity contribution in [3.8, 4) is 22.5 Å². The van der Waals surface area contributed by atoms with E-state index in [1.807, 2.05) is 97.1 Å². The van der Waals surface area contributed by atoms with Crippen LogP contribution < -0.4 is 11.1 Å². The van der Waals surface area contributed by atoms with Crippen LogP contribution in [0.4, 0.5) is 11.4 Å². The van der Waals surface area contributed by atoms with E-state index >= 15 is 0 Å². The maximum Gasteiger partial charge on any atom is 0.255 e. The van der Waals surface area contributed by atoms with Gasteiger partial charge in [0.15, 0.2) is 0 Å². The van der Waals surface area contributed by atoms with Gasteiger partial charge in [-0.15, -0.1) is 0 Å². The van der Waals surface area contributed by atoms with Gasteiger partial charge in [-0.2, -0.15) is 0 Å². The molecule has 0 saturated carbocycles. The van der Waals surface area contributed by atoms with Gasteiger partial charge in [-0.25, -0.2) is 4.98 Å². The molecular weight excluding hydrogens is 384 g/mol. The van der Waals surface area contributed by atoms with Gasteiger partial charge in [0.2, 0.25) is 0 Å². The molecule has 4 N–H and O–H groups in total. The molecule has 1 aromatic heterocycles. The summed E-state index contributed by atoms with van der Waals surface area (Å²) in [5, 5.41) is 2.96. The first kappa shape index (κ1) is 18.6. The third-order valence-corrected chi connectivity index (χ3v) is 5.18. The van der Waals surface area contributed by atoms with E-state index in [0.29, 0.717) is 16.9 Å². The summed E-state index contributed by atoms with van der Waals surface area (Å²) in [5.41, 5.74) is 12.6. The number of H-pyrrole nitrogens is 1. The third-order valence-electron chi connectivity index (χ3n) is 5.18. The summed E-state index contributed by atoms with van der Waals surface area (Å²) in [5.74, 6) is 0.604. The number of aromatic nitrogens is 2. The Morgan fingerprint density at radius 3 is 2.19 bits per heavy atom. The van der Waals surface area contributed by atoms with Gasteiger partial charge in [0.1, 0.15) is 5.82 Å². The van der Waals surface area contributed by atoms with E-state index in [-0.39, 0.29) is 5.91 Å². The maximum absolute atomic E-state index is 12.7. The van der Waals surface area contributed by atoms with Crippen LogP contribution in [-0.4, -0.2) is 15.9 Å². The Labute approximate surface area is 179 Å². The molecule has 0 saturated heterocycles. The first-order chi connectivity index (χ1) is 15.2. The number of rotatable bonds is 4. The summed E-state index contributed by atoms with van der Waals surface area (Å²) in [6.45, 7) is 0. The molecule has 5 heteroatoms. The van der Waals surface area contributed by atoms with Crippen molar-refractivity contribution in [2.45, 2.75) is 0 Å². The number of hydrogen-bond donors (Lipinski definition) is 3. The average Bonchev–Trinajstić information content (AvgIpc) is 3.23. The van der Waals surface area contributed by atoms with E-state index in [0.717, 1.165) is 33.5 Å². The second-order valence-electron chi connectivity index (χ2n) is 7.34. The standard InChI is InChI=1S/C26H20N4O/c27-21-12-10-19(11-13-21)25-29-23-15-14-22(16-24(23)30-25)28-26(31)20-8-6-18(7-9-20)17-4-2-1-3-5-17/h1-16H,27H2,(H,28,31)(H,29,30). The van der Waals surface area contributed by atoms with Crippen LogP contribution in [0.1, 0.15) is 10.4 Å². The fourth-order valence-electron chi connectivity index (χ4n) is 3.51. The molecule has 0 radical (unpaired) electrons. The van der Waals surface area contributed by atoms with Crippen LogP contribution >= 0.6 is 0 Å². The van der Waals surface area contributed by atoms with Crippen molar-refractivity contribution in [2.75, 3.05) is 11.1 Å². The molecule has 5 rings (SSSR count). The number of aromatic amines is 1. The number of fused-ring (bicyclic) bond motifs is 1. The van der Waals surface area contributed by atoms with E-state index in [1.165, 1.54) is 0 Å². The number of carbonyl (C=O) groups is 1. The molecule has 0 aliphatic heterocycles. The molecular formula is C26H20N4O. The Bertz CT molecular complexity index is 1350. The Kier molecular flexibility index (Phi) is 4.69. The lowest BCUT2D eigenvalue weighted by Crippen LogP contribution is -2.11. The lowest BCUT2D eigenvalue weighted by atomic mass is 10.0. The summed E-state index contributed by atoms with van der Waals surface area (Å²) in [6.07, 6.45) is 0. The van der Waals surface area contributed by atoms with Crippen molar-refractivity contribution in [3.05, 3.63) is 103 Å². The molecule has 0 bridgehead atoms.